The first kappa shape index (κ1) is 16.0. The van der Waals surface area contributed by atoms with Gasteiger partial charge in [-0.2, -0.15) is 13.2 Å². The molecule has 0 spiro atoms. The number of nitrogens with one attached hydrogen (secondary N) is 2. The average molecular weight is 339 g/mol. The Kier molecular flexibility index (Phi) is 4.67. The van der Waals surface area contributed by atoms with Gasteiger partial charge in [0, 0.05) is 16.3 Å². The first-order chi connectivity index (χ1) is 9.74. The maximum atomic E-state index is 12.0. The molecule has 0 fully saturated rings. The van der Waals surface area contributed by atoms with Gasteiger partial charge in [-0.25, -0.2) is 0 Å². The molecule has 1 atom stereocenters. The van der Waals surface area contributed by atoms with Crippen LogP contribution in [0.1, 0.15) is 6.42 Å². The van der Waals surface area contributed by atoms with Gasteiger partial charge in [0.2, 0.25) is 11.8 Å². The fourth-order valence-electron chi connectivity index (χ4n) is 1.70. The van der Waals surface area contributed by atoms with Crippen LogP contribution in [-0.2, 0) is 9.59 Å². The number of fused-ring (bicyclic) bond motifs is 1. The van der Waals surface area contributed by atoms with Crippen molar-refractivity contribution in [1.82, 2.24) is 5.32 Å². The maximum Gasteiger partial charge on any atom is 0.405 e. The molecule has 1 aromatic carbocycles. The molecule has 1 unspecified atom stereocenters. The Morgan fingerprint density at radius 3 is 2.81 bits per heavy atom. The molecule has 21 heavy (non-hydrogen) atoms. The fourth-order valence-corrected chi connectivity index (χ4v) is 2.96. The summed E-state index contributed by atoms with van der Waals surface area (Å²) < 4.78 is 36.0. The molecule has 2 N–H and O–H groups in total. The van der Waals surface area contributed by atoms with E-state index in [0.29, 0.717) is 15.6 Å². The lowest BCUT2D eigenvalue weighted by Gasteiger charge is -2.23. The lowest BCUT2D eigenvalue weighted by atomic mass is 10.2. The van der Waals surface area contributed by atoms with E-state index >= 15 is 0 Å². The molecular formula is C12H10ClF3N2O2S. The summed E-state index contributed by atoms with van der Waals surface area (Å²) in [5, 5.41) is 4.01. The van der Waals surface area contributed by atoms with Gasteiger partial charge < -0.3 is 10.6 Å². The number of carbonyl (C=O) groups excluding carboxylic acids is 2. The van der Waals surface area contributed by atoms with Crippen LogP contribution in [0.25, 0.3) is 0 Å². The largest absolute Gasteiger partial charge is 0.405 e. The highest BCUT2D eigenvalue weighted by Crippen LogP contribution is 2.38. The number of hydrogen-bond acceptors (Lipinski definition) is 3. The van der Waals surface area contributed by atoms with Crippen molar-refractivity contribution in [2.24, 2.45) is 0 Å². The second-order valence-corrected chi connectivity index (χ2v) is 6.01. The van der Waals surface area contributed by atoms with Crippen molar-refractivity contribution in [1.29, 1.82) is 0 Å². The Morgan fingerprint density at radius 1 is 1.43 bits per heavy atom. The van der Waals surface area contributed by atoms with Crippen molar-refractivity contribution in [3.8, 4) is 0 Å². The Morgan fingerprint density at radius 2 is 2.14 bits per heavy atom. The normalized spacial score (nSPS) is 17.9. The van der Waals surface area contributed by atoms with Gasteiger partial charge in [0.05, 0.1) is 10.9 Å². The molecule has 0 bridgehead atoms. The Bertz CT molecular complexity index is 580. The minimum Gasteiger partial charge on any atom is -0.347 e. The monoisotopic (exact) mass is 338 g/mol. The Labute approximate surface area is 127 Å². The summed E-state index contributed by atoms with van der Waals surface area (Å²) in [6, 6.07) is 4.88. The van der Waals surface area contributed by atoms with Crippen LogP contribution in [0.4, 0.5) is 18.9 Å². The van der Waals surface area contributed by atoms with Crippen molar-refractivity contribution < 1.29 is 22.8 Å². The van der Waals surface area contributed by atoms with E-state index in [1.54, 1.807) is 23.5 Å². The number of benzene rings is 1. The zero-order valence-electron chi connectivity index (χ0n) is 10.5. The number of carbonyl (C=O) groups is 2. The number of amides is 2. The van der Waals surface area contributed by atoms with Crippen molar-refractivity contribution in [2.45, 2.75) is 22.7 Å². The second kappa shape index (κ2) is 6.15. The Hall–Kier alpha value is -1.41. The molecule has 4 nitrogen and oxygen atoms in total. The van der Waals surface area contributed by atoms with Crippen LogP contribution in [0.2, 0.25) is 5.02 Å². The van der Waals surface area contributed by atoms with Gasteiger partial charge in [-0.1, -0.05) is 11.6 Å². The number of alkyl halides is 3. The quantitative estimate of drug-likeness (QED) is 0.891. The van der Waals surface area contributed by atoms with Gasteiger partial charge in [-0.15, -0.1) is 11.8 Å². The van der Waals surface area contributed by atoms with Gasteiger partial charge in [0.1, 0.15) is 6.54 Å². The van der Waals surface area contributed by atoms with E-state index in [-0.39, 0.29) is 6.42 Å². The molecule has 114 valence electrons. The first-order valence-electron chi connectivity index (χ1n) is 5.85. The van der Waals surface area contributed by atoms with E-state index in [0.717, 1.165) is 11.8 Å². The number of anilines is 1. The summed E-state index contributed by atoms with van der Waals surface area (Å²) in [6.45, 7) is -1.41. The minimum atomic E-state index is -4.47. The minimum absolute atomic E-state index is 0.325. The SMILES string of the molecule is O=C(CC1Sc2ccc(Cl)cc2NC1=O)NCC(F)(F)F. The van der Waals surface area contributed by atoms with Crippen LogP contribution in [0.3, 0.4) is 0 Å². The van der Waals surface area contributed by atoms with Crippen molar-refractivity contribution in [3.05, 3.63) is 23.2 Å². The molecule has 1 aliphatic rings. The van der Waals surface area contributed by atoms with Crippen molar-refractivity contribution >= 4 is 40.9 Å². The molecule has 1 heterocycles. The molecular weight excluding hydrogens is 329 g/mol. The third-order valence-electron chi connectivity index (χ3n) is 2.62. The summed E-state index contributed by atoms with van der Waals surface area (Å²) in [7, 11) is 0. The summed E-state index contributed by atoms with van der Waals surface area (Å²) in [5.41, 5.74) is 0.532. The molecule has 1 aliphatic heterocycles. The highest BCUT2D eigenvalue weighted by molar-refractivity contribution is 8.01. The predicted molar refractivity (Wildman–Crippen MR) is 73.4 cm³/mol. The molecule has 0 aromatic heterocycles. The molecule has 0 saturated heterocycles. The van der Waals surface area contributed by atoms with Crippen LogP contribution in [0.15, 0.2) is 23.1 Å². The van der Waals surface area contributed by atoms with Gasteiger partial charge in [-0.05, 0) is 18.2 Å². The first-order valence-corrected chi connectivity index (χ1v) is 7.11. The lowest BCUT2D eigenvalue weighted by molar-refractivity contribution is -0.138. The predicted octanol–water partition coefficient (Wildman–Crippen LogP) is 2.82. The van der Waals surface area contributed by atoms with Crippen molar-refractivity contribution in [2.75, 3.05) is 11.9 Å². The topological polar surface area (TPSA) is 58.2 Å². The van der Waals surface area contributed by atoms with Crippen LogP contribution < -0.4 is 10.6 Å². The fraction of sp³-hybridized carbons (Fsp3) is 0.333. The summed E-state index contributed by atoms with van der Waals surface area (Å²) in [4.78, 5) is 24.0. The van der Waals surface area contributed by atoms with Crippen LogP contribution in [-0.4, -0.2) is 29.8 Å². The van der Waals surface area contributed by atoms with E-state index in [9.17, 15) is 22.8 Å². The molecule has 2 rings (SSSR count). The standard InChI is InChI=1S/C12H10ClF3N2O2S/c13-6-1-2-8-7(3-6)18-11(20)9(21-8)4-10(19)17-5-12(14,15)16/h1-3,9H,4-5H2,(H,17,19)(H,18,20). The van der Waals surface area contributed by atoms with Gasteiger partial charge in [0.15, 0.2) is 0 Å². The summed E-state index contributed by atoms with van der Waals surface area (Å²) in [6.07, 6.45) is -4.80. The lowest BCUT2D eigenvalue weighted by Crippen LogP contribution is -2.38. The third-order valence-corrected chi connectivity index (χ3v) is 4.13. The molecule has 1 aromatic rings. The maximum absolute atomic E-state index is 12.0. The van der Waals surface area contributed by atoms with Crippen LogP contribution in [0.5, 0.6) is 0 Å². The third kappa shape index (κ3) is 4.53. The molecule has 0 aliphatic carbocycles. The van der Waals surface area contributed by atoms with E-state index in [1.165, 1.54) is 0 Å². The van der Waals surface area contributed by atoms with Gasteiger partial charge in [0.25, 0.3) is 0 Å². The van der Waals surface area contributed by atoms with E-state index < -0.39 is 29.8 Å². The molecule has 2 amide bonds. The van der Waals surface area contributed by atoms with E-state index in [1.807, 2.05) is 0 Å². The van der Waals surface area contributed by atoms with E-state index in [2.05, 4.69) is 5.32 Å². The molecule has 0 radical (unpaired) electrons. The zero-order valence-corrected chi connectivity index (χ0v) is 12.0. The summed E-state index contributed by atoms with van der Waals surface area (Å²) in [5.74, 6) is -1.26. The number of thioether (sulfide) groups is 1. The molecule has 9 heteroatoms. The average Bonchev–Trinajstić information content (AvgIpc) is 2.37. The number of hydrogen-bond donors (Lipinski definition) is 2. The summed E-state index contributed by atoms with van der Waals surface area (Å²) >= 11 is 6.92. The Balaban J connectivity index is 1.97. The second-order valence-electron chi connectivity index (χ2n) is 4.33. The van der Waals surface area contributed by atoms with Crippen LogP contribution >= 0.6 is 23.4 Å². The molecule has 0 saturated carbocycles. The zero-order chi connectivity index (χ0) is 15.6. The van der Waals surface area contributed by atoms with E-state index in [4.69, 9.17) is 11.6 Å². The van der Waals surface area contributed by atoms with Gasteiger partial charge in [-0.3, -0.25) is 9.59 Å². The highest BCUT2D eigenvalue weighted by Gasteiger charge is 2.31. The van der Waals surface area contributed by atoms with Gasteiger partial charge >= 0.3 is 6.18 Å². The van der Waals surface area contributed by atoms with Crippen LogP contribution in [0, 0.1) is 0 Å². The highest BCUT2D eigenvalue weighted by atomic mass is 35.5. The number of halogens is 4. The number of rotatable bonds is 3. The smallest absolute Gasteiger partial charge is 0.347 e. The van der Waals surface area contributed by atoms with Crippen molar-refractivity contribution in [3.63, 3.8) is 0 Å².